The summed E-state index contributed by atoms with van der Waals surface area (Å²) in [6.45, 7) is 8.37. The van der Waals surface area contributed by atoms with Crippen LogP contribution in [-0.4, -0.2) is 59.5 Å². The summed E-state index contributed by atoms with van der Waals surface area (Å²) in [5.41, 5.74) is 1.05. The Kier molecular flexibility index (Phi) is 4.28. The van der Waals surface area contributed by atoms with Gasteiger partial charge in [0.05, 0.1) is 18.1 Å². The minimum absolute atomic E-state index is 0.856. The van der Waals surface area contributed by atoms with Crippen LogP contribution in [0.3, 0.4) is 0 Å². The largest absolute Gasteiger partial charge is 0.369 e. The number of nitrogens with one attached hydrogen (secondary N) is 1. The van der Waals surface area contributed by atoms with E-state index in [1.165, 1.54) is 0 Å². The third-order valence-corrected chi connectivity index (χ3v) is 3.04. The molecule has 1 fully saturated rings. The topological polar surface area (TPSA) is 44.3 Å². The van der Waals surface area contributed by atoms with Crippen molar-refractivity contribution in [3.8, 4) is 0 Å². The average Bonchev–Trinajstić information content (AvgIpc) is 2.35. The van der Waals surface area contributed by atoms with Crippen LogP contribution in [0.5, 0.6) is 0 Å². The van der Waals surface area contributed by atoms with Gasteiger partial charge in [0.15, 0.2) is 0 Å². The molecular weight excluding hydrogens is 214 g/mol. The van der Waals surface area contributed by atoms with E-state index < -0.39 is 0 Å². The van der Waals surface area contributed by atoms with Crippen molar-refractivity contribution >= 4 is 5.82 Å². The first kappa shape index (κ1) is 12.3. The van der Waals surface area contributed by atoms with Crippen molar-refractivity contribution in [2.45, 2.75) is 13.5 Å². The number of piperazine rings is 1. The van der Waals surface area contributed by atoms with Gasteiger partial charge in [0, 0.05) is 39.3 Å². The predicted octanol–water partition coefficient (Wildman–Crippen LogP) is 0.656. The predicted molar refractivity (Wildman–Crippen MR) is 69.0 cm³/mol. The van der Waals surface area contributed by atoms with Crippen molar-refractivity contribution in [3.05, 3.63) is 18.1 Å². The number of nitrogens with zero attached hydrogens (tertiary/aromatic N) is 4. The van der Waals surface area contributed by atoms with Crippen LogP contribution in [0.25, 0.3) is 0 Å². The van der Waals surface area contributed by atoms with Crippen LogP contribution in [0.2, 0.25) is 0 Å². The van der Waals surface area contributed by atoms with E-state index in [-0.39, 0.29) is 0 Å². The summed E-state index contributed by atoms with van der Waals surface area (Å²) in [5, 5.41) is 3.15. The Morgan fingerprint density at radius 1 is 1.18 bits per heavy atom. The molecule has 1 aliphatic heterocycles. The number of aromatic nitrogens is 2. The summed E-state index contributed by atoms with van der Waals surface area (Å²) in [7, 11) is 2.17. The summed E-state index contributed by atoms with van der Waals surface area (Å²) in [6.07, 6.45) is 3.69. The van der Waals surface area contributed by atoms with Gasteiger partial charge >= 0.3 is 0 Å². The van der Waals surface area contributed by atoms with Gasteiger partial charge in [0.2, 0.25) is 0 Å². The number of rotatable bonds is 4. The first-order valence-corrected chi connectivity index (χ1v) is 6.23. The van der Waals surface area contributed by atoms with Crippen molar-refractivity contribution in [3.63, 3.8) is 0 Å². The fourth-order valence-electron chi connectivity index (χ4n) is 1.94. The highest BCUT2D eigenvalue weighted by Gasteiger charge is 2.14. The van der Waals surface area contributed by atoms with Crippen molar-refractivity contribution in [1.29, 1.82) is 0 Å². The van der Waals surface area contributed by atoms with E-state index in [0.717, 1.165) is 50.8 Å². The summed E-state index contributed by atoms with van der Waals surface area (Å²) < 4.78 is 0. The number of likely N-dealkylation sites (N-methyl/N-ethyl adjacent to an activating group) is 1. The van der Waals surface area contributed by atoms with E-state index in [4.69, 9.17) is 0 Å². The summed E-state index contributed by atoms with van der Waals surface area (Å²) in [5.74, 6) is 0.856. The second-order valence-corrected chi connectivity index (χ2v) is 4.50. The molecule has 0 unspecified atom stereocenters. The molecule has 94 valence electrons. The highest BCUT2D eigenvalue weighted by atomic mass is 15.2. The second-order valence-electron chi connectivity index (χ2n) is 4.50. The number of hydrogen-bond donors (Lipinski definition) is 1. The van der Waals surface area contributed by atoms with Crippen molar-refractivity contribution in [2.24, 2.45) is 0 Å². The Labute approximate surface area is 103 Å². The van der Waals surface area contributed by atoms with Gasteiger partial charge in [-0.15, -0.1) is 0 Å². The molecule has 0 radical (unpaired) electrons. The quantitative estimate of drug-likeness (QED) is 0.830. The molecule has 0 bridgehead atoms. The van der Waals surface area contributed by atoms with Gasteiger partial charge in [-0.2, -0.15) is 0 Å². The molecule has 1 N–H and O–H groups in total. The molecule has 1 aliphatic rings. The SMILES string of the molecule is CCNc1cnc(CN2CCN(C)CC2)cn1. The van der Waals surface area contributed by atoms with Crippen LogP contribution in [0.4, 0.5) is 5.82 Å². The highest BCUT2D eigenvalue weighted by Crippen LogP contribution is 2.06. The molecule has 5 heteroatoms. The van der Waals surface area contributed by atoms with Crippen molar-refractivity contribution in [1.82, 2.24) is 19.8 Å². The van der Waals surface area contributed by atoms with Crippen molar-refractivity contribution < 1.29 is 0 Å². The monoisotopic (exact) mass is 235 g/mol. The summed E-state index contributed by atoms with van der Waals surface area (Å²) >= 11 is 0. The summed E-state index contributed by atoms with van der Waals surface area (Å²) in [6, 6.07) is 0. The average molecular weight is 235 g/mol. The van der Waals surface area contributed by atoms with Crippen LogP contribution in [0, 0.1) is 0 Å². The Morgan fingerprint density at radius 2 is 1.94 bits per heavy atom. The normalized spacial score (nSPS) is 18.2. The lowest BCUT2D eigenvalue weighted by atomic mass is 10.3. The van der Waals surface area contributed by atoms with Crippen LogP contribution in [0.15, 0.2) is 12.4 Å². The van der Waals surface area contributed by atoms with Gasteiger partial charge < -0.3 is 10.2 Å². The maximum atomic E-state index is 4.43. The minimum Gasteiger partial charge on any atom is -0.369 e. The number of anilines is 1. The van der Waals surface area contributed by atoms with Crippen LogP contribution in [0.1, 0.15) is 12.6 Å². The van der Waals surface area contributed by atoms with E-state index in [1.54, 1.807) is 0 Å². The van der Waals surface area contributed by atoms with E-state index in [2.05, 4.69) is 39.1 Å². The van der Waals surface area contributed by atoms with E-state index in [1.807, 2.05) is 12.4 Å². The van der Waals surface area contributed by atoms with Crippen molar-refractivity contribution in [2.75, 3.05) is 45.1 Å². The first-order valence-electron chi connectivity index (χ1n) is 6.23. The maximum Gasteiger partial charge on any atom is 0.144 e. The molecule has 0 aromatic carbocycles. The van der Waals surface area contributed by atoms with Crippen LogP contribution in [-0.2, 0) is 6.54 Å². The fourth-order valence-corrected chi connectivity index (χ4v) is 1.94. The standard InChI is InChI=1S/C12H21N5/c1-3-13-12-9-14-11(8-15-12)10-17-6-4-16(2)5-7-17/h8-9H,3-7,10H2,1-2H3,(H,13,15). The second kappa shape index (κ2) is 5.93. The van der Waals surface area contributed by atoms with E-state index >= 15 is 0 Å². The number of hydrogen-bond acceptors (Lipinski definition) is 5. The highest BCUT2D eigenvalue weighted by molar-refractivity contribution is 5.30. The van der Waals surface area contributed by atoms with E-state index in [9.17, 15) is 0 Å². The van der Waals surface area contributed by atoms with Gasteiger partial charge in [-0.1, -0.05) is 0 Å². The molecule has 1 aromatic rings. The Hall–Kier alpha value is -1.20. The Morgan fingerprint density at radius 3 is 2.53 bits per heavy atom. The molecule has 2 heterocycles. The van der Waals surface area contributed by atoms with Gasteiger partial charge in [-0.25, -0.2) is 4.98 Å². The third kappa shape index (κ3) is 3.64. The molecule has 1 aromatic heterocycles. The zero-order valence-corrected chi connectivity index (χ0v) is 10.7. The smallest absolute Gasteiger partial charge is 0.144 e. The Bertz CT molecular complexity index is 329. The zero-order chi connectivity index (χ0) is 12.1. The lowest BCUT2D eigenvalue weighted by Gasteiger charge is -2.31. The molecule has 5 nitrogen and oxygen atoms in total. The van der Waals surface area contributed by atoms with Crippen LogP contribution >= 0.6 is 0 Å². The molecule has 0 atom stereocenters. The zero-order valence-electron chi connectivity index (χ0n) is 10.7. The maximum absolute atomic E-state index is 4.43. The van der Waals surface area contributed by atoms with Gasteiger partial charge in [0.1, 0.15) is 5.82 Å². The molecular formula is C12H21N5. The lowest BCUT2D eigenvalue weighted by molar-refractivity contribution is 0.147. The Balaban J connectivity index is 1.86. The molecule has 2 rings (SSSR count). The lowest BCUT2D eigenvalue weighted by Crippen LogP contribution is -2.44. The third-order valence-electron chi connectivity index (χ3n) is 3.04. The molecule has 1 saturated heterocycles. The van der Waals surface area contributed by atoms with Gasteiger partial charge in [0.25, 0.3) is 0 Å². The van der Waals surface area contributed by atoms with Crippen LogP contribution < -0.4 is 5.32 Å². The molecule has 0 amide bonds. The van der Waals surface area contributed by atoms with E-state index in [0.29, 0.717) is 0 Å². The minimum atomic E-state index is 0.856. The molecule has 0 aliphatic carbocycles. The molecule has 0 saturated carbocycles. The molecule has 17 heavy (non-hydrogen) atoms. The first-order chi connectivity index (χ1) is 8.28. The molecule has 0 spiro atoms. The van der Waals surface area contributed by atoms with Gasteiger partial charge in [-0.05, 0) is 14.0 Å². The van der Waals surface area contributed by atoms with Gasteiger partial charge in [-0.3, -0.25) is 9.88 Å². The fraction of sp³-hybridized carbons (Fsp3) is 0.667. The summed E-state index contributed by atoms with van der Waals surface area (Å²) in [4.78, 5) is 13.6.